The highest BCUT2D eigenvalue weighted by molar-refractivity contribution is 5.86. The quantitative estimate of drug-likeness (QED) is 0.0438. The number of nitrogens with zero attached hydrogens (tertiary/aromatic N) is 8. The average molecular weight is 819 g/mol. The van der Waals surface area contributed by atoms with Crippen molar-refractivity contribution in [2.75, 3.05) is 54.5 Å². The van der Waals surface area contributed by atoms with Gasteiger partial charge in [0.2, 0.25) is 0 Å². The minimum absolute atomic E-state index is 0.0585. The van der Waals surface area contributed by atoms with Gasteiger partial charge in [-0.15, -0.1) is 16.8 Å². The van der Waals surface area contributed by atoms with Gasteiger partial charge in [-0.25, -0.2) is 4.79 Å². The van der Waals surface area contributed by atoms with E-state index >= 15 is 0 Å². The van der Waals surface area contributed by atoms with E-state index in [0.29, 0.717) is 18.8 Å². The van der Waals surface area contributed by atoms with Crippen LogP contribution in [0.15, 0.2) is 49.1 Å². The van der Waals surface area contributed by atoms with E-state index in [9.17, 15) is 9.59 Å². The van der Waals surface area contributed by atoms with Crippen LogP contribution in [0.4, 0.5) is 0 Å². The summed E-state index contributed by atoms with van der Waals surface area (Å²) in [5, 5.41) is 15.4. The summed E-state index contributed by atoms with van der Waals surface area (Å²) in [6.07, 6.45) is 25.0. The minimum atomic E-state index is -0.357. The predicted molar refractivity (Wildman–Crippen MR) is 244 cm³/mol. The highest BCUT2D eigenvalue weighted by Gasteiger charge is 2.36. The molecule has 0 fully saturated rings. The number of ether oxygens (including phenoxy) is 2. The first kappa shape index (κ1) is 58.9. The second-order valence-corrected chi connectivity index (χ2v) is 17.4. The number of aryl methyl sites for hydroxylation is 2. The SMILES string of the molecule is C=C(C)C.C=C(C)C(=O)OCCN(C)C.CCC(C)(CC(C)(C)C)C(=O)OCCN(C)C.CCCCCCCCn1ccnn1.CCCCCCCCn1ccnn1. The van der Waals surface area contributed by atoms with Gasteiger partial charge in [0.25, 0.3) is 0 Å². The molecular weight excluding hydrogens is 729 g/mol. The second kappa shape index (κ2) is 37.9. The highest BCUT2D eigenvalue weighted by atomic mass is 16.5. The Hall–Kier alpha value is -3.38. The summed E-state index contributed by atoms with van der Waals surface area (Å²) in [7, 11) is 7.80. The Labute approximate surface area is 356 Å². The smallest absolute Gasteiger partial charge is 0.333 e. The maximum Gasteiger partial charge on any atom is 0.333 e. The first-order valence-electron chi connectivity index (χ1n) is 21.8. The number of hydrogen-bond acceptors (Lipinski definition) is 10. The van der Waals surface area contributed by atoms with Crippen LogP contribution >= 0.6 is 0 Å². The summed E-state index contributed by atoms with van der Waals surface area (Å²) in [6.45, 7) is 32.1. The number of carbonyl (C=O) groups is 2. The lowest BCUT2D eigenvalue weighted by atomic mass is 9.73. The monoisotopic (exact) mass is 819 g/mol. The van der Waals surface area contributed by atoms with Crippen molar-refractivity contribution in [3.05, 3.63) is 49.1 Å². The Kier molecular flexibility index (Phi) is 38.5. The molecule has 0 N–H and O–H groups in total. The second-order valence-electron chi connectivity index (χ2n) is 17.4. The van der Waals surface area contributed by atoms with Crippen LogP contribution in [-0.4, -0.2) is 106 Å². The van der Waals surface area contributed by atoms with Crippen LogP contribution in [-0.2, 0) is 32.2 Å². The van der Waals surface area contributed by atoms with E-state index in [1.165, 1.54) is 82.6 Å². The molecule has 2 aromatic rings. The number of hydrogen-bond donors (Lipinski definition) is 0. The van der Waals surface area contributed by atoms with Crippen molar-refractivity contribution >= 4 is 11.9 Å². The van der Waals surface area contributed by atoms with Crippen molar-refractivity contribution in [3.8, 4) is 0 Å². The molecule has 0 spiro atoms. The lowest BCUT2D eigenvalue weighted by Crippen LogP contribution is -2.34. The zero-order chi connectivity index (χ0) is 44.8. The molecule has 1 unspecified atom stereocenters. The molecule has 12 heteroatoms. The van der Waals surface area contributed by atoms with Crippen molar-refractivity contribution in [1.29, 1.82) is 0 Å². The molecule has 1 atom stereocenters. The van der Waals surface area contributed by atoms with Gasteiger partial charge >= 0.3 is 11.9 Å². The van der Waals surface area contributed by atoms with Gasteiger partial charge in [-0.1, -0.05) is 128 Å². The molecule has 2 aromatic heterocycles. The predicted octanol–water partition coefficient (Wildman–Crippen LogP) is 10.5. The van der Waals surface area contributed by atoms with Crippen molar-refractivity contribution in [2.24, 2.45) is 10.8 Å². The van der Waals surface area contributed by atoms with Crippen LogP contribution < -0.4 is 0 Å². The number of carbonyl (C=O) groups excluding carboxylic acids is 2. The van der Waals surface area contributed by atoms with E-state index < -0.39 is 0 Å². The van der Waals surface area contributed by atoms with E-state index in [4.69, 9.17) is 9.47 Å². The molecule has 2 rings (SSSR count). The molecule has 0 bridgehead atoms. The molecule has 0 aliphatic heterocycles. The van der Waals surface area contributed by atoms with E-state index in [1.807, 2.05) is 80.5 Å². The number of rotatable bonds is 24. The fourth-order valence-corrected chi connectivity index (χ4v) is 5.26. The van der Waals surface area contributed by atoms with Gasteiger partial charge in [-0.3, -0.25) is 14.2 Å². The third-order valence-corrected chi connectivity index (χ3v) is 8.51. The largest absolute Gasteiger partial charge is 0.464 e. The normalized spacial score (nSPS) is 11.7. The molecule has 0 aliphatic rings. The van der Waals surface area contributed by atoms with Crippen LogP contribution in [0, 0.1) is 10.8 Å². The summed E-state index contributed by atoms with van der Waals surface area (Å²) in [4.78, 5) is 26.9. The van der Waals surface area contributed by atoms with E-state index in [2.05, 4.69) is 75.3 Å². The van der Waals surface area contributed by atoms with Gasteiger partial charge in [0.05, 0.1) is 17.8 Å². The molecule has 0 radical (unpaired) electrons. The number of likely N-dealkylation sites (N-methyl/N-ethyl adjacent to an activating group) is 2. The van der Waals surface area contributed by atoms with Gasteiger partial charge in [-0.05, 0) is 87.0 Å². The average Bonchev–Trinajstić information content (AvgIpc) is 3.86. The molecule has 2 heterocycles. The number of unbranched alkanes of at least 4 members (excludes halogenated alkanes) is 10. The third-order valence-electron chi connectivity index (χ3n) is 8.51. The maximum absolute atomic E-state index is 12.1. The van der Waals surface area contributed by atoms with Gasteiger partial charge in [0.1, 0.15) is 13.2 Å². The standard InChI is InChI=1S/C14H29NO2.2C10H19N3.C8H15NO2.C4H8/c1-8-14(5,11-13(2,3)4)12(16)17-10-9-15(6)7;2*1-2-3-4-5-6-7-9-13-10-8-11-12-13;1-7(2)8(10)11-6-5-9(3)4;1-4(2)3/h8-11H2,1-7H3;2*8,10H,2-7,9H2,1H3;1,5-6H2,2-4H3;1H2,2-3H3. The van der Waals surface area contributed by atoms with Crippen LogP contribution in [0.1, 0.15) is 159 Å². The van der Waals surface area contributed by atoms with Crippen LogP contribution in [0.3, 0.4) is 0 Å². The lowest BCUT2D eigenvalue weighted by molar-refractivity contribution is -0.157. The molecular formula is C46H90N8O4. The Balaban J connectivity index is -0.000000680. The zero-order valence-corrected chi connectivity index (χ0v) is 40.1. The van der Waals surface area contributed by atoms with E-state index in [-0.39, 0.29) is 22.8 Å². The van der Waals surface area contributed by atoms with E-state index in [0.717, 1.165) is 39.0 Å². The Morgan fingerprint density at radius 1 is 0.638 bits per heavy atom. The van der Waals surface area contributed by atoms with Crippen molar-refractivity contribution in [3.63, 3.8) is 0 Å². The summed E-state index contributed by atoms with van der Waals surface area (Å²) >= 11 is 0. The Morgan fingerprint density at radius 2 is 1.02 bits per heavy atom. The highest BCUT2D eigenvalue weighted by Crippen LogP contribution is 2.37. The van der Waals surface area contributed by atoms with Crippen molar-refractivity contribution < 1.29 is 19.1 Å². The summed E-state index contributed by atoms with van der Waals surface area (Å²) in [5.41, 5.74) is 1.40. The summed E-state index contributed by atoms with van der Waals surface area (Å²) in [6, 6.07) is 0. The molecule has 58 heavy (non-hydrogen) atoms. The first-order valence-corrected chi connectivity index (χ1v) is 21.8. The molecule has 0 amide bonds. The summed E-state index contributed by atoms with van der Waals surface area (Å²) < 4.78 is 14.0. The third kappa shape index (κ3) is 42.2. The fraction of sp³-hybridized carbons (Fsp3) is 0.783. The van der Waals surface area contributed by atoms with Crippen LogP contribution in [0.25, 0.3) is 0 Å². The van der Waals surface area contributed by atoms with Gasteiger partial charge < -0.3 is 19.3 Å². The Bertz CT molecular complexity index is 1190. The van der Waals surface area contributed by atoms with Crippen molar-refractivity contribution in [1.82, 2.24) is 39.8 Å². The molecule has 0 saturated heterocycles. The molecule has 0 aliphatic carbocycles. The fourth-order valence-electron chi connectivity index (χ4n) is 5.26. The van der Waals surface area contributed by atoms with E-state index in [1.54, 1.807) is 19.3 Å². The number of aromatic nitrogens is 6. The van der Waals surface area contributed by atoms with Gasteiger partial charge in [0, 0.05) is 44.1 Å². The van der Waals surface area contributed by atoms with Crippen LogP contribution in [0.2, 0.25) is 0 Å². The molecule has 12 nitrogen and oxygen atoms in total. The van der Waals surface area contributed by atoms with Crippen molar-refractivity contribution in [2.45, 2.75) is 172 Å². The van der Waals surface area contributed by atoms with Gasteiger partial charge in [-0.2, -0.15) is 0 Å². The first-order chi connectivity index (χ1) is 27.2. The topological polar surface area (TPSA) is 120 Å². The lowest BCUT2D eigenvalue weighted by Gasteiger charge is -2.32. The van der Waals surface area contributed by atoms with Crippen LogP contribution in [0.5, 0.6) is 0 Å². The summed E-state index contributed by atoms with van der Waals surface area (Å²) in [5.74, 6) is -0.372. The number of allylic oxidation sites excluding steroid dienone is 1. The minimum Gasteiger partial charge on any atom is -0.464 e. The maximum atomic E-state index is 12.1. The number of esters is 2. The molecule has 338 valence electrons. The molecule has 0 aromatic carbocycles. The Morgan fingerprint density at radius 3 is 1.33 bits per heavy atom. The molecule has 0 saturated carbocycles. The zero-order valence-electron chi connectivity index (χ0n) is 40.1. The van der Waals surface area contributed by atoms with Gasteiger partial charge in [0.15, 0.2) is 0 Å².